The molecule has 0 unspecified atom stereocenters. The number of ether oxygens (including phenoxy) is 1. The van der Waals surface area contributed by atoms with Crippen LogP contribution in [0, 0.1) is 0 Å². The maximum Gasteiger partial charge on any atom is 0.274 e. The molecule has 4 nitrogen and oxygen atoms in total. The monoisotopic (exact) mass is 236 g/mol. The van der Waals surface area contributed by atoms with Gasteiger partial charge in [-0.05, 0) is 17.7 Å². The van der Waals surface area contributed by atoms with Crippen molar-refractivity contribution >= 4 is 22.7 Å². The molecule has 0 aromatic carbocycles. The lowest BCUT2D eigenvalue weighted by molar-refractivity contribution is 0.107. The van der Waals surface area contributed by atoms with Gasteiger partial charge in [0.15, 0.2) is 11.4 Å². The summed E-state index contributed by atoms with van der Waals surface area (Å²) in [4.78, 5) is 14.4. The van der Waals surface area contributed by atoms with Crippen LogP contribution in [0.15, 0.2) is 6.07 Å². The van der Waals surface area contributed by atoms with Crippen LogP contribution in [0.5, 0.6) is 5.75 Å². The first-order valence-electron chi connectivity index (χ1n) is 3.79. The zero-order valence-electron chi connectivity index (χ0n) is 7.63. The molecule has 0 radical (unpaired) electrons. The number of rotatable bonds is 3. The van der Waals surface area contributed by atoms with Gasteiger partial charge in [0.05, 0.1) is 12.7 Å². The van der Waals surface area contributed by atoms with E-state index in [1.807, 2.05) is 0 Å². The van der Waals surface area contributed by atoms with Crippen molar-refractivity contribution in [2.75, 3.05) is 12.8 Å². The number of nitrogens with zero attached hydrogens (tertiary/aromatic N) is 1. The minimum absolute atomic E-state index is 0.213. The molecule has 0 fully saturated rings. The lowest BCUT2D eigenvalue weighted by Gasteiger charge is -2.10. The summed E-state index contributed by atoms with van der Waals surface area (Å²) in [6.45, 7) is 0. The summed E-state index contributed by atoms with van der Waals surface area (Å²) >= 11 is 5.15. The third-order valence-electron chi connectivity index (χ3n) is 1.65. The Kier molecular flexibility index (Phi) is 3.41. The molecule has 0 aliphatic heterocycles. The quantitative estimate of drug-likeness (QED) is 0.815. The van der Waals surface area contributed by atoms with E-state index in [0.717, 1.165) is 13.2 Å². The van der Waals surface area contributed by atoms with Crippen molar-refractivity contribution in [3.05, 3.63) is 17.3 Å². The highest BCUT2D eigenvalue weighted by Gasteiger charge is 2.22. The van der Waals surface area contributed by atoms with E-state index in [-0.39, 0.29) is 11.6 Å². The first-order chi connectivity index (χ1) is 6.97. The summed E-state index contributed by atoms with van der Waals surface area (Å²) in [6.07, 6.45) is -2.82. The summed E-state index contributed by atoms with van der Waals surface area (Å²) in [5, 5.41) is -0.999. The number of nitrogens with two attached hydrogens (primary N) is 1. The van der Waals surface area contributed by atoms with Crippen LogP contribution in [0.1, 0.15) is 22.5 Å². The third-order valence-corrected chi connectivity index (χ3v) is 1.83. The molecule has 0 aliphatic rings. The molecule has 1 aromatic rings. The Morgan fingerprint density at radius 3 is 2.67 bits per heavy atom. The third kappa shape index (κ3) is 2.33. The molecule has 0 saturated heterocycles. The summed E-state index contributed by atoms with van der Waals surface area (Å²) in [7, 11) is 1.14. The Morgan fingerprint density at radius 2 is 2.27 bits per heavy atom. The number of nitrogen functional groups attached to an aromatic ring is 1. The number of aromatic nitrogens is 1. The zero-order chi connectivity index (χ0) is 11.6. The fraction of sp³-hybridized carbons (Fsp3) is 0.250. The van der Waals surface area contributed by atoms with Gasteiger partial charge in [0.1, 0.15) is 5.82 Å². The molecular weight excluding hydrogens is 230 g/mol. The average molecular weight is 237 g/mol. The molecule has 1 heterocycles. The molecular formula is C8H7ClF2N2O2. The van der Waals surface area contributed by atoms with Crippen molar-refractivity contribution < 1.29 is 18.3 Å². The maximum atomic E-state index is 12.5. The van der Waals surface area contributed by atoms with E-state index in [9.17, 15) is 13.6 Å². The van der Waals surface area contributed by atoms with Gasteiger partial charge in [-0.2, -0.15) is 0 Å². The van der Waals surface area contributed by atoms with E-state index in [0.29, 0.717) is 0 Å². The van der Waals surface area contributed by atoms with E-state index in [4.69, 9.17) is 17.3 Å². The van der Waals surface area contributed by atoms with Crippen molar-refractivity contribution in [3.63, 3.8) is 0 Å². The molecule has 0 aliphatic carbocycles. The number of halogens is 3. The average Bonchev–Trinajstić information content (AvgIpc) is 2.16. The predicted molar refractivity (Wildman–Crippen MR) is 50.3 cm³/mol. The predicted octanol–water partition coefficient (Wildman–Crippen LogP) is 1.99. The molecule has 0 spiro atoms. The molecule has 2 N–H and O–H groups in total. The number of methoxy groups -OCH3 is 1. The Balaban J connectivity index is 3.45. The van der Waals surface area contributed by atoms with Gasteiger partial charge < -0.3 is 10.5 Å². The van der Waals surface area contributed by atoms with Gasteiger partial charge >= 0.3 is 0 Å². The number of hydrogen-bond donors (Lipinski definition) is 1. The van der Waals surface area contributed by atoms with Crippen LogP contribution in [-0.4, -0.2) is 17.3 Å². The van der Waals surface area contributed by atoms with Gasteiger partial charge in [-0.15, -0.1) is 0 Å². The first-order valence-corrected chi connectivity index (χ1v) is 4.17. The van der Waals surface area contributed by atoms with Crippen LogP contribution in [0.3, 0.4) is 0 Å². The van der Waals surface area contributed by atoms with Crippen LogP contribution in [0.25, 0.3) is 0 Å². The number of pyridine rings is 1. The zero-order valence-corrected chi connectivity index (χ0v) is 8.39. The lowest BCUT2D eigenvalue weighted by Crippen LogP contribution is -2.06. The minimum Gasteiger partial charge on any atom is -0.494 e. The van der Waals surface area contributed by atoms with Gasteiger partial charge in [-0.1, -0.05) is 0 Å². The molecule has 0 bridgehead atoms. The van der Waals surface area contributed by atoms with E-state index in [1.165, 1.54) is 0 Å². The summed E-state index contributed by atoms with van der Waals surface area (Å²) < 4.78 is 29.7. The highest BCUT2D eigenvalue weighted by molar-refractivity contribution is 6.67. The molecule has 0 atom stereocenters. The normalized spacial score (nSPS) is 10.5. The Bertz CT molecular complexity index is 398. The molecule has 15 heavy (non-hydrogen) atoms. The number of carbonyl (C=O) groups is 1. The smallest absolute Gasteiger partial charge is 0.274 e. The van der Waals surface area contributed by atoms with E-state index >= 15 is 0 Å². The lowest BCUT2D eigenvalue weighted by atomic mass is 10.2. The summed E-state index contributed by atoms with van der Waals surface area (Å²) in [5.74, 6) is -0.561. The fourth-order valence-corrected chi connectivity index (χ4v) is 1.21. The van der Waals surface area contributed by atoms with Crippen LogP contribution < -0.4 is 10.5 Å². The SMILES string of the molecule is COc1c(C(F)F)cc(N)nc1C(=O)Cl. The van der Waals surface area contributed by atoms with Gasteiger partial charge in [-0.3, -0.25) is 4.79 Å². The number of carbonyl (C=O) groups excluding carboxylic acids is 1. The Hall–Kier alpha value is -1.43. The fourth-order valence-electron chi connectivity index (χ4n) is 1.08. The van der Waals surface area contributed by atoms with E-state index in [1.54, 1.807) is 0 Å². The first kappa shape index (κ1) is 11.6. The van der Waals surface area contributed by atoms with Crippen molar-refractivity contribution in [1.82, 2.24) is 4.98 Å². The van der Waals surface area contributed by atoms with Gasteiger partial charge in [0, 0.05) is 0 Å². The standard InChI is InChI=1S/C8H7ClF2N2O2/c1-15-6-3(8(10)11)2-4(12)13-5(6)7(9)14/h2,8H,1H3,(H2,12,13). The van der Waals surface area contributed by atoms with Gasteiger partial charge in [0.25, 0.3) is 11.7 Å². The number of anilines is 1. The van der Waals surface area contributed by atoms with E-state index < -0.39 is 22.9 Å². The largest absolute Gasteiger partial charge is 0.494 e. The van der Waals surface area contributed by atoms with Crippen molar-refractivity contribution in [3.8, 4) is 5.75 Å². The second-order valence-electron chi connectivity index (χ2n) is 2.59. The van der Waals surface area contributed by atoms with Crippen molar-refractivity contribution in [2.45, 2.75) is 6.43 Å². The molecule has 0 amide bonds. The van der Waals surface area contributed by atoms with Crippen LogP contribution in [-0.2, 0) is 0 Å². The molecule has 7 heteroatoms. The second-order valence-corrected chi connectivity index (χ2v) is 2.94. The maximum absolute atomic E-state index is 12.5. The minimum atomic E-state index is -2.82. The van der Waals surface area contributed by atoms with Crippen molar-refractivity contribution in [1.29, 1.82) is 0 Å². The highest BCUT2D eigenvalue weighted by atomic mass is 35.5. The topological polar surface area (TPSA) is 65.2 Å². The van der Waals surface area contributed by atoms with Crippen LogP contribution in [0.4, 0.5) is 14.6 Å². The molecule has 1 aromatic heterocycles. The van der Waals surface area contributed by atoms with Gasteiger partial charge in [0.2, 0.25) is 0 Å². The summed E-state index contributed by atoms with van der Waals surface area (Å²) in [5.41, 5.74) is 4.33. The van der Waals surface area contributed by atoms with Crippen LogP contribution >= 0.6 is 11.6 Å². The summed E-state index contributed by atoms with van der Waals surface area (Å²) in [6, 6.07) is 0.937. The van der Waals surface area contributed by atoms with Crippen molar-refractivity contribution in [2.24, 2.45) is 0 Å². The highest BCUT2D eigenvalue weighted by Crippen LogP contribution is 2.33. The molecule has 0 saturated carbocycles. The molecule has 82 valence electrons. The van der Waals surface area contributed by atoms with Crippen LogP contribution in [0.2, 0.25) is 0 Å². The van der Waals surface area contributed by atoms with E-state index in [2.05, 4.69) is 9.72 Å². The molecule has 1 rings (SSSR count). The second kappa shape index (κ2) is 4.39. The van der Waals surface area contributed by atoms with Gasteiger partial charge in [-0.25, -0.2) is 13.8 Å². The Morgan fingerprint density at radius 1 is 1.67 bits per heavy atom. The number of hydrogen-bond acceptors (Lipinski definition) is 4. The number of alkyl halides is 2. The Labute approximate surface area is 89.0 Å².